The number of nitrogens with two attached hydrogens (primary N) is 1. The zero-order valence-electron chi connectivity index (χ0n) is 9.47. The minimum absolute atomic E-state index is 0.0153. The van der Waals surface area contributed by atoms with Gasteiger partial charge in [0.2, 0.25) is 10.0 Å². The predicted molar refractivity (Wildman–Crippen MR) is 66.7 cm³/mol. The minimum atomic E-state index is -3.48. The van der Waals surface area contributed by atoms with Crippen molar-refractivity contribution in [2.45, 2.75) is 44.1 Å². The minimum Gasteiger partial charge on any atom is -0.392 e. The van der Waals surface area contributed by atoms with Crippen molar-refractivity contribution in [3.63, 3.8) is 0 Å². The van der Waals surface area contributed by atoms with Crippen LogP contribution in [-0.4, -0.2) is 37.4 Å². The zero-order valence-corrected chi connectivity index (χ0v) is 11.1. The zero-order chi connectivity index (χ0) is 12.3. The van der Waals surface area contributed by atoms with Crippen LogP contribution in [-0.2, 0) is 14.8 Å². The Morgan fingerprint density at radius 2 is 2.31 bits per heavy atom. The Morgan fingerprint density at radius 3 is 2.69 bits per heavy atom. The summed E-state index contributed by atoms with van der Waals surface area (Å²) in [6.07, 6.45) is 0.972. The van der Waals surface area contributed by atoms with Crippen molar-refractivity contribution in [1.29, 1.82) is 0 Å². The molecule has 3 N–H and O–H groups in total. The molecule has 1 fully saturated rings. The molecule has 3 unspecified atom stereocenters. The van der Waals surface area contributed by atoms with E-state index in [-0.39, 0.29) is 17.1 Å². The summed E-state index contributed by atoms with van der Waals surface area (Å²) in [5, 5.41) is -0.796. The highest BCUT2D eigenvalue weighted by Gasteiger charge is 2.33. The monoisotopic (exact) mass is 266 g/mol. The Kier molecular flexibility index (Phi) is 4.66. The maximum atomic E-state index is 12.0. The Bertz CT molecular complexity index is 356. The van der Waals surface area contributed by atoms with E-state index in [1.807, 2.05) is 6.92 Å². The Morgan fingerprint density at radius 1 is 1.69 bits per heavy atom. The van der Waals surface area contributed by atoms with Gasteiger partial charge in [-0.15, -0.1) is 0 Å². The van der Waals surface area contributed by atoms with E-state index < -0.39 is 15.3 Å². The molecule has 1 rings (SSSR count). The molecule has 5 nitrogen and oxygen atoms in total. The molecular formula is C9H18N2O3S2. The van der Waals surface area contributed by atoms with Gasteiger partial charge < -0.3 is 10.5 Å². The first-order valence-electron chi connectivity index (χ1n) is 5.30. The molecule has 0 bridgehead atoms. The van der Waals surface area contributed by atoms with E-state index in [1.54, 1.807) is 6.92 Å². The highest BCUT2D eigenvalue weighted by Crippen LogP contribution is 2.15. The molecule has 0 amide bonds. The number of thiocarbonyl (C=S) groups is 1. The Balaban J connectivity index is 2.74. The first kappa shape index (κ1) is 13.8. The molecule has 7 heteroatoms. The topological polar surface area (TPSA) is 81.4 Å². The van der Waals surface area contributed by atoms with Crippen LogP contribution < -0.4 is 10.5 Å². The molecule has 0 radical (unpaired) electrons. The molecule has 0 spiro atoms. The molecule has 0 aliphatic carbocycles. The maximum absolute atomic E-state index is 12.0. The van der Waals surface area contributed by atoms with Crippen LogP contribution in [0.3, 0.4) is 0 Å². The third kappa shape index (κ3) is 3.13. The third-order valence-electron chi connectivity index (χ3n) is 2.75. The fourth-order valence-corrected chi connectivity index (χ4v) is 3.94. The lowest BCUT2D eigenvalue weighted by Gasteiger charge is -2.20. The van der Waals surface area contributed by atoms with Gasteiger partial charge in [0.15, 0.2) is 0 Å². The largest absolute Gasteiger partial charge is 0.392 e. The average molecular weight is 266 g/mol. The van der Waals surface area contributed by atoms with Crippen molar-refractivity contribution in [3.8, 4) is 0 Å². The fourth-order valence-electron chi connectivity index (χ4n) is 1.75. The molecule has 94 valence electrons. The maximum Gasteiger partial charge on any atom is 0.221 e. The lowest BCUT2D eigenvalue weighted by atomic mass is 10.2. The summed E-state index contributed by atoms with van der Waals surface area (Å²) >= 11 is 4.76. The Labute approximate surface area is 102 Å². The average Bonchev–Trinajstić information content (AvgIpc) is 2.50. The predicted octanol–water partition coefficient (Wildman–Crippen LogP) is 0.148. The number of nitrogens with one attached hydrogen (secondary N) is 1. The van der Waals surface area contributed by atoms with E-state index in [0.717, 1.165) is 0 Å². The molecule has 1 aliphatic heterocycles. The van der Waals surface area contributed by atoms with Crippen molar-refractivity contribution in [3.05, 3.63) is 0 Å². The van der Waals surface area contributed by atoms with Gasteiger partial charge in [-0.3, -0.25) is 0 Å². The number of hydrogen-bond acceptors (Lipinski definition) is 4. The van der Waals surface area contributed by atoms with Gasteiger partial charge in [-0.2, -0.15) is 0 Å². The Hall–Kier alpha value is -0.240. The van der Waals surface area contributed by atoms with E-state index in [2.05, 4.69) is 4.72 Å². The molecule has 0 saturated carbocycles. The second kappa shape index (κ2) is 5.39. The molecule has 16 heavy (non-hydrogen) atoms. The molecular weight excluding hydrogens is 248 g/mol. The van der Waals surface area contributed by atoms with Crippen LogP contribution in [0.25, 0.3) is 0 Å². The van der Waals surface area contributed by atoms with Crippen molar-refractivity contribution < 1.29 is 13.2 Å². The van der Waals surface area contributed by atoms with E-state index in [1.165, 1.54) is 0 Å². The molecule has 1 aliphatic rings. The summed E-state index contributed by atoms with van der Waals surface area (Å²) < 4.78 is 31.9. The van der Waals surface area contributed by atoms with Crippen LogP contribution in [0.5, 0.6) is 0 Å². The van der Waals surface area contributed by atoms with Gasteiger partial charge in [0.05, 0.1) is 11.1 Å². The van der Waals surface area contributed by atoms with Crippen molar-refractivity contribution in [1.82, 2.24) is 4.72 Å². The first-order valence-corrected chi connectivity index (χ1v) is 7.26. The summed E-state index contributed by atoms with van der Waals surface area (Å²) in [6, 6.07) is -0.173. The second-order valence-electron chi connectivity index (χ2n) is 3.93. The summed E-state index contributed by atoms with van der Waals surface area (Å²) in [5.41, 5.74) is 5.42. The van der Waals surface area contributed by atoms with Gasteiger partial charge in [0.1, 0.15) is 5.25 Å². The van der Waals surface area contributed by atoms with Crippen molar-refractivity contribution >= 4 is 27.2 Å². The van der Waals surface area contributed by atoms with Crippen LogP contribution in [0.15, 0.2) is 0 Å². The first-order chi connectivity index (χ1) is 7.38. The molecule has 1 heterocycles. The van der Waals surface area contributed by atoms with Gasteiger partial charge in [0, 0.05) is 12.6 Å². The van der Waals surface area contributed by atoms with E-state index in [4.69, 9.17) is 22.7 Å². The fraction of sp³-hybridized carbons (Fsp3) is 0.889. The summed E-state index contributed by atoms with van der Waals surface area (Å²) in [5.74, 6) is 0. The van der Waals surface area contributed by atoms with Crippen LogP contribution in [0, 0.1) is 0 Å². The summed E-state index contributed by atoms with van der Waals surface area (Å²) in [4.78, 5) is 0.0153. The van der Waals surface area contributed by atoms with Gasteiger partial charge in [0.25, 0.3) is 0 Å². The third-order valence-corrected chi connectivity index (χ3v) is 5.16. The van der Waals surface area contributed by atoms with Crippen LogP contribution in [0.2, 0.25) is 0 Å². The van der Waals surface area contributed by atoms with Gasteiger partial charge in [-0.1, -0.05) is 19.1 Å². The second-order valence-corrected chi connectivity index (χ2v) is 6.30. The van der Waals surface area contributed by atoms with Crippen LogP contribution >= 0.6 is 12.2 Å². The smallest absolute Gasteiger partial charge is 0.221 e. The lowest BCUT2D eigenvalue weighted by molar-refractivity contribution is 0.116. The normalized spacial score (nSPS) is 27.9. The SMILES string of the molecule is CCC(C(N)=S)S(=O)(=O)NC1CCOC1C. The molecule has 3 atom stereocenters. The van der Waals surface area contributed by atoms with Crippen molar-refractivity contribution in [2.24, 2.45) is 5.73 Å². The standard InChI is InChI=1S/C9H18N2O3S2/c1-3-8(9(10)15)16(12,13)11-7-4-5-14-6(7)2/h6-8,11H,3-5H2,1-2H3,(H2,10,15). The van der Waals surface area contributed by atoms with E-state index in [0.29, 0.717) is 19.4 Å². The van der Waals surface area contributed by atoms with Crippen LogP contribution in [0.1, 0.15) is 26.7 Å². The van der Waals surface area contributed by atoms with Gasteiger partial charge in [-0.25, -0.2) is 13.1 Å². The van der Waals surface area contributed by atoms with E-state index >= 15 is 0 Å². The molecule has 0 aromatic heterocycles. The van der Waals surface area contributed by atoms with Crippen LogP contribution in [0.4, 0.5) is 0 Å². The summed E-state index contributed by atoms with van der Waals surface area (Å²) in [6.45, 7) is 4.18. The number of ether oxygens (including phenoxy) is 1. The molecule has 0 aromatic carbocycles. The van der Waals surface area contributed by atoms with E-state index in [9.17, 15) is 8.42 Å². The number of sulfonamides is 1. The quantitative estimate of drug-likeness (QED) is 0.692. The highest BCUT2D eigenvalue weighted by atomic mass is 32.2. The lowest BCUT2D eigenvalue weighted by Crippen LogP contribution is -2.47. The molecule has 1 saturated heterocycles. The number of rotatable bonds is 5. The molecule has 0 aromatic rings. The summed E-state index contributed by atoms with van der Waals surface area (Å²) in [7, 11) is -3.48. The van der Waals surface area contributed by atoms with Gasteiger partial charge >= 0.3 is 0 Å². The van der Waals surface area contributed by atoms with Gasteiger partial charge in [-0.05, 0) is 19.8 Å². The highest BCUT2D eigenvalue weighted by molar-refractivity contribution is 7.93. The number of hydrogen-bond donors (Lipinski definition) is 2. The van der Waals surface area contributed by atoms with Crippen molar-refractivity contribution in [2.75, 3.05) is 6.61 Å².